The summed E-state index contributed by atoms with van der Waals surface area (Å²) in [6, 6.07) is 2.03. The maximum atomic E-state index is 4.75. The van der Waals surface area contributed by atoms with Gasteiger partial charge in [-0.05, 0) is 32.8 Å². The molecule has 0 saturated heterocycles. The molecule has 1 fully saturated rings. The zero-order chi connectivity index (χ0) is 13.9. The maximum absolute atomic E-state index is 4.75. The van der Waals surface area contributed by atoms with Gasteiger partial charge >= 0.3 is 0 Å². The van der Waals surface area contributed by atoms with Gasteiger partial charge in [0.2, 0.25) is 0 Å². The summed E-state index contributed by atoms with van der Waals surface area (Å²) in [5, 5.41) is 4.75. The SMILES string of the molecule is CCN(CC)c1ccnc2nc(C3CCCCC3)nn12. The molecule has 0 N–H and O–H groups in total. The first-order chi connectivity index (χ1) is 9.83. The summed E-state index contributed by atoms with van der Waals surface area (Å²) >= 11 is 0. The predicted molar refractivity (Wildman–Crippen MR) is 80.2 cm³/mol. The van der Waals surface area contributed by atoms with Crippen molar-refractivity contribution in [2.75, 3.05) is 18.0 Å². The molecule has 1 saturated carbocycles. The Morgan fingerprint density at radius 3 is 2.65 bits per heavy atom. The van der Waals surface area contributed by atoms with Crippen LogP contribution in [0.5, 0.6) is 0 Å². The molecule has 2 heterocycles. The van der Waals surface area contributed by atoms with Gasteiger partial charge in [0.25, 0.3) is 5.78 Å². The molecule has 0 atom stereocenters. The van der Waals surface area contributed by atoms with Crippen LogP contribution in [0.2, 0.25) is 0 Å². The third-order valence-corrected chi connectivity index (χ3v) is 4.29. The predicted octanol–water partition coefficient (Wildman–Crippen LogP) is 3.02. The van der Waals surface area contributed by atoms with Crippen LogP contribution in [-0.4, -0.2) is 32.7 Å². The van der Waals surface area contributed by atoms with Crippen molar-refractivity contribution in [3.05, 3.63) is 18.1 Å². The van der Waals surface area contributed by atoms with Crippen LogP contribution in [0, 0.1) is 0 Å². The molecule has 2 aromatic heterocycles. The van der Waals surface area contributed by atoms with Gasteiger partial charge in [-0.15, -0.1) is 5.10 Å². The second-order valence-electron chi connectivity index (χ2n) is 5.49. The zero-order valence-electron chi connectivity index (χ0n) is 12.4. The number of hydrogen-bond acceptors (Lipinski definition) is 4. The number of nitrogens with zero attached hydrogens (tertiary/aromatic N) is 5. The Bertz CT molecular complexity index is 567. The van der Waals surface area contributed by atoms with E-state index in [2.05, 4.69) is 28.7 Å². The van der Waals surface area contributed by atoms with Crippen molar-refractivity contribution in [1.29, 1.82) is 0 Å². The highest BCUT2D eigenvalue weighted by atomic mass is 15.4. The van der Waals surface area contributed by atoms with Crippen molar-refractivity contribution in [3.8, 4) is 0 Å². The number of hydrogen-bond donors (Lipinski definition) is 0. The van der Waals surface area contributed by atoms with Crippen molar-refractivity contribution in [1.82, 2.24) is 19.6 Å². The summed E-state index contributed by atoms with van der Waals surface area (Å²) < 4.78 is 1.91. The Balaban J connectivity index is 1.99. The average Bonchev–Trinajstić information content (AvgIpc) is 2.94. The molecule has 0 aromatic carbocycles. The van der Waals surface area contributed by atoms with Crippen LogP contribution in [0.25, 0.3) is 5.78 Å². The van der Waals surface area contributed by atoms with E-state index < -0.39 is 0 Å². The fourth-order valence-electron chi connectivity index (χ4n) is 3.12. The number of rotatable bonds is 4. The lowest BCUT2D eigenvalue weighted by atomic mass is 9.89. The Morgan fingerprint density at radius 2 is 1.95 bits per heavy atom. The van der Waals surface area contributed by atoms with Gasteiger partial charge in [0.05, 0.1) is 0 Å². The smallest absolute Gasteiger partial charge is 0.254 e. The monoisotopic (exact) mass is 273 g/mol. The number of anilines is 1. The average molecular weight is 273 g/mol. The molecular weight excluding hydrogens is 250 g/mol. The molecule has 1 aliphatic carbocycles. The van der Waals surface area contributed by atoms with E-state index in [1.807, 2.05) is 16.8 Å². The molecule has 5 heteroatoms. The molecular formula is C15H23N5. The molecule has 3 rings (SSSR count). The van der Waals surface area contributed by atoms with E-state index in [1.54, 1.807) is 0 Å². The van der Waals surface area contributed by atoms with Gasteiger partial charge in [-0.3, -0.25) is 0 Å². The van der Waals surface area contributed by atoms with Crippen molar-refractivity contribution in [3.63, 3.8) is 0 Å². The van der Waals surface area contributed by atoms with E-state index in [1.165, 1.54) is 32.1 Å². The second kappa shape index (κ2) is 5.77. The Kier molecular flexibility index (Phi) is 3.85. The van der Waals surface area contributed by atoms with Gasteiger partial charge < -0.3 is 4.90 Å². The van der Waals surface area contributed by atoms with Gasteiger partial charge in [0.15, 0.2) is 5.82 Å². The van der Waals surface area contributed by atoms with Gasteiger partial charge in [-0.25, -0.2) is 4.98 Å². The van der Waals surface area contributed by atoms with E-state index >= 15 is 0 Å². The topological polar surface area (TPSA) is 46.3 Å². The van der Waals surface area contributed by atoms with E-state index in [-0.39, 0.29) is 0 Å². The molecule has 0 amide bonds. The number of aromatic nitrogens is 4. The fraction of sp³-hybridized carbons (Fsp3) is 0.667. The normalized spacial score (nSPS) is 16.7. The van der Waals surface area contributed by atoms with Crippen LogP contribution < -0.4 is 4.90 Å². The summed E-state index contributed by atoms with van der Waals surface area (Å²) in [6.45, 7) is 6.26. The molecule has 0 radical (unpaired) electrons. The molecule has 0 aliphatic heterocycles. The van der Waals surface area contributed by atoms with Crippen LogP contribution in [0.15, 0.2) is 12.3 Å². The Hall–Kier alpha value is -1.65. The minimum atomic E-state index is 0.523. The van der Waals surface area contributed by atoms with Crippen molar-refractivity contribution >= 4 is 11.6 Å². The maximum Gasteiger partial charge on any atom is 0.254 e. The summed E-state index contributed by atoms with van der Waals surface area (Å²) in [5.74, 6) is 3.33. The lowest BCUT2D eigenvalue weighted by Gasteiger charge is -2.21. The Labute approximate surface area is 120 Å². The molecule has 2 aromatic rings. The molecule has 0 spiro atoms. The second-order valence-corrected chi connectivity index (χ2v) is 5.49. The van der Waals surface area contributed by atoms with Crippen LogP contribution in [-0.2, 0) is 0 Å². The first kappa shape index (κ1) is 13.3. The summed E-state index contributed by atoms with van der Waals surface area (Å²) in [7, 11) is 0. The van der Waals surface area contributed by atoms with Crippen molar-refractivity contribution in [2.45, 2.75) is 51.9 Å². The van der Waals surface area contributed by atoms with Gasteiger partial charge in [0, 0.05) is 25.2 Å². The first-order valence-corrected chi connectivity index (χ1v) is 7.80. The highest BCUT2D eigenvalue weighted by Gasteiger charge is 2.21. The van der Waals surface area contributed by atoms with Crippen LogP contribution in [0.3, 0.4) is 0 Å². The molecule has 20 heavy (non-hydrogen) atoms. The summed E-state index contributed by atoms with van der Waals surface area (Å²) in [4.78, 5) is 11.3. The van der Waals surface area contributed by atoms with E-state index in [0.717, 1.165) is 30.5 Å². The summed E-state index contributed by atoms with van der Waals surface area (Å²) in [6.07, 6.45) is 8.23. The van der Waals surface area contributed by atoms with Crippen LogP contribution in [0.4, 0.5) is 5.82 Å². The van der Waals surface area contributed by atoms with Gasteiger partial charge in [0.1, 0.15) is 5.82 Å². The first-order valence-electron chi connectivity index (χ1n) is 7.80. The molecule has 0 unspecified atom stereocenters. The fourth-order valence-corrected chi connectivity index (χ4v) is 3.12. The third-order valence-electron chi connectivity index (χ3n) is 4.29. The highest BCUT2D eigenvalue weighted by Crippen LogP contribution is 2.31. The van der Waals surface area contributed by atoms with Crippen molar-refractivity contribution < 1.29 is 0 Å². The minimum Gasteiger partial charge on any atom is -0.357 e. The van der Waals surface area contributed by atoms with Crippen LogP contribution in [0.1, 0.15) is 57.7 Å². The largest absolute Gasteiger partial charge is 0.357 e. The molecule has 1 aliphatic rings. The molecule has 108 valence electrons. The van der Waals surface area contributed by atoms with Gasteiger partial charge in [-0.2, -0.15) is 9.50 Å². The lowest BCUT2D eigenvalue weighted by molar-refractivity contribution is 0.429. The molecule has 5 nitrogen and oxygen atoms in total. The number of fused-ring (bicyclic) bond motifs is 1. The zero-order valence-corrected chi connectivity index (χ0v) is 12.4. The van der Waals surface area contributed by atoms with Gasteiger partial charge in [-0.1, -0.05) is 19.3 Å². The standard InChI is InChI=1S/C15H23N5/c1-3-19(4-2)13-10-11-16-15-17-14(18-20(13)15)12-8-6-5-7-9-12/h10-12H,3-9H2,1-2H3. The highest BCUT2D eigenvalue weighted by molar-refractivity contribution is 5.45. The van der Waals surface area contributed by atoms with E-state index in [9.17, 15) is 0 Å². The quantitative estimate of drug-likeness (QED) is 0.859. The summed E-state index contributed by atoms with van der Waals surface area (Å²) in [5.41, 5.74) is 0. The Morgan fingerprint density at radius 1 is 1.20 bits per heavy atom. The minimum absolute atomic E-state index is 0.523. The molecule has 0 bridgehead atoms. The van der Waals surface area contributed by atoms with E-state index in [4.69, 9.17) is 5.10 Å². The van der Waals surface area contributed by atoms with Crippen molar-refractivity contribution in [2.24, 2.45) is 0 Å². The van der Waals surface area contributed by atoms with Crippen LogP contribution >= 0.6 is 0 Å². The lowest BCUT2D eigenvalue weighted by Crippen LogP contribution is -2.24. The van der Waals surface area contributed by atoms with E-state index in [0.29, 0.717) is 5.92 Å². The third kappa shape index (κ3) is 2.37.